The second kappa shape index (κ2) is 4.47. The molecule has 0 fully saturated rings. The van der Waals surface area contributed by atoms with E-state index < -0.39 is 5.97 Å². The number of ether oxygens (including phenoxy) is 1. The summed E-state index contributed by atoms with van der Waals surface area (Å²) in [6.45, 7) is 0. The Balaban J connectivity index is 2.63. The van der Waals surface area contributed by atoms with E-state index in [1.54, 1.807) is 24.3 Å². The molecule has 0 unspecified atom stereocenters. The minimum absolute atomic E-state index is 0.193. The fourth-order valence-electron chi connectivity index (χ4n) is 1.54. The highest BCUT2D eigenvalue weighted by atomic mass is 35.5. The lowest BCUT2D eigenvalue weighted by molar-refractivity contribution is 0.0595. The molecule has 5 nitrogen and oxygen atoms in total. The van der Waals surface area contributed by atoms with Crippen molar-refractivity contribution in [2.24, 2.45) is 0 Å². The molecule has 0 saturated heterocycles. The second-order valence-electron chi connectivity index (χ2n) is 3.33. The molecule has 1 aromatic carbocycles. The van der Waals surface area contributed by atoms with Crippen LogP contribution in [0.1, 0.15) is 10.5 Å². The van der Waals surface area contributed by atoms with Crippen LogP contribution in [0.2, 0.25) is 5.02 Å². The summed E-state index contributed by atoms with van der Waals surface area (Å²) >= 11 is 6.06. The number of nitrogens with zero attached hydrogens (tertiary/aromatic N) is 1. The average molecular weight is 252 g/mol. The molecule has 0 amide bonds. The summed E-state index contributed by atoms with van der Waals surface area (Å²) in [6.07, 6.45) is 0. The Morgan fingerprint density at radius 3 is 2.82 bits per heavy atom. The molecule has 0 saturated carbocycles. The van der Waals surface area contributed by atoms with Gasteiger partial charge < -0.3 is 10.5 Å². The van der Waals surface area contributed by atoms with Gasteiger partial charge in [-0.25, -0.2) is 4.79 Å². The molecule has 0 aliphatic carbocycles. The van der Waals surface area contributed by atoms with E-state index in [1.165, 1.54) is 7.11 Å². The summed E-state index contributed by atoms with van der Waals surface area (Å²) in [4.78, 5) is 11.5. The molecule has 0 atom stereocenters. The molecule has 2 aromatic rings. The summed E-state index contributed by atoms with van der Waals surface area (Å²) < 4.78 is 4.64. The van der Waals surface area contributed by atoms with Crippen LogP contribution in [0.3, 0.4) is 0 Å². The topological polar surface area (TPSA) is 81.0 Å². The molecule has 0 bridgehead atoms. The standard InChI is InChI=1S/C11H10ClN3O2/c1-17-11(16)9-8(10(13)15-14-9)6-4-2-3-5-7(6)12/h2-5H,1H3,(H3,13,14,15). The average Bonchev–Trinajstić information content (AvgIpc) is 2.71. The largest absolute Gasteiger partial charge is 0.464 e. The van der Waals surface area contributed by atoms with Crippen LogP contribution in [-0.2, 0) is 4.74 Å². The number of methoxy groups -OCH3 is 1. The van der Waals surface area contributed by atoms with Gasteiger partial charge in [0.2, 0.25) is 0 Å². The number of aromatic amines is 1. The highest BCUT2D eigenvalue weighted by Crippen LogP contribution is 2.33. The Kier molecular flexibility index (Phi) is 3.01. The Morgan fingerprint density at radius 1 is 1.47 bits per heavy atom. The van der Waals surface area contributed by atoms with Gasteiger partial charge in [0.1, 0.15) is 0 Å². The van der Waals surface area contributed by atoms with E-state index in [1.807, 2.05) is 0 Å². The maximum absolute atomic E-state index is 11.5. The third kappa shape index (κ3) is 1.97. The van der Waals surface area contributed by atoms with E-state index in [0.717, 1.165) is 0 Å². The summed E-state index contributed by atoms with van der Waals surface area (Å²) in [6, 6.07) is 7.06. The minimum Gasteiger partial charge on any atom is -0.464 e. The first-order chi connectivity index (χ1) is 8.15. The number of carbonyl (C=O) groups excluding carboxylic acids is 1. The van der Waals surface area contributed by atoms with Crippen molar-refractivity contribution in [3.05, 3.63) is 35.0 Å². The number of esters is 1. The van der Waals surface area contributed by atoms with Crippen LogP contribution in [0.15, 0.2) is 24.3 Å². The molecular weight excluding hydrogens is 242 g/mol. The molecule has 3 N–H and O–H groups in total. The third-order valence-electron chi connectivity index (χ3n) is 2.33. The number of nitrogen functional groups attached to an aromatic ring is 1. The van der Waals surface area contributed by atoms with Crippen molar-refractivity contribution in [2.45, 2.75) is 0 Å². The van der Waals surface area contributed by atoms with E-state index >= 15 is 0 Å². The van der Waals surface area contributed by atoms with Crippen molar-refractivity contribution >= 4 is 23.4 Å². The van der Waals surface area contributed by atoms with Crippen molar-refractivity contribution in [3.8, 4) is 11.1 Å². The van der Waals surface area contributed by atoms with E-state index in [-0.39, 0.29) is 11.5 Å². The second-order valence-corrected chi connectivity index (χ2v) is 3.74. The van der Waals surface area contributed by atoms with Crippen LogP contribution in [0.25, 0.3) is 11.1 Å². The molecule has 0 radical (unpaired) electrons. The van der Waals surface area contributed by atoms with Gasteiger partial charge in [0, 0.05) is 10.6 Å². The maximum Gasteiger partial charge on any atom is 0.356 e. The Bertz CT molecular complexity index is 566. The fraction of sp³-hybridized carbons (Fsp3) is 0.0909. The highest BCUT2D eigenvalue weighted by Gasteiger charge is 2.21. The highest BCUT2D eigenvalue weighted by molar-refractivity contribution is 6.33. The Morgan fingerprint density at radius 2 is 2.18 bits per heavy atom. The number of H-pyrrole nitrogens is 1. The zero-order valence-corrected chi connectivity index (χ0v) is 9.78. The number of anilines is 1. The number of halogens is 1. The number of benzene rings is 1. The Labute approximate surface area is 103 Å². The van der Waals surface area contributed by atoms with Crippen molar-refractivity contribution in [2.75, 3.05) is 12.8 Å². The molecule has 1 heterocycles. The number of nitrogens with two attached hydrogens (primary N) is 1. The van der Waals surface area contributed by atoms with E-state index in [0.29, 0.717) is 16.1 Å². The first-order valence-corrected chi connectivity index (χ1v) is 5.20. The SMILES string of the molecule is COC(=O)c1[nH]nc(N)c1-c1ccccc1Cl. The van der Waals surface area contributed by atoms with Gasteiger partial charge in [0.05, 0.1) is 12.7 Å². The molecule has 0 aliphatic rings. The van der Waals surface area contributed by atoms with Crippen molar-refractivity contribution in [1.29, 1.82) is 0 Å². The van der Waals surface area contributed by atoms with Gasteiger partial charge in [-0.05, 0) is 6.07 Å². The number of aromatic nitrogens is 2. The number of hydrogen-bond donors (Lipinski definition) is 2. The smallest absolute Gasteiger partial charge is 0.356 e. The fourth-order valence-corrected chi connectivity index (χ4v) is 1.77. The van der Waals surface area contributed by atoms with Gasteiger partial charge in [-0.2, -0.15) is 5.10 Å². The first kappa shape index (κ1) is 11.5. The van der Waals surface area contributed by atoms with Crippen LogP contribution < -0.4 is 5.73 Å². The van der Waals surface area contributed by atoms with E-state index in [9.17, 15) is 4.79 Å². The summed E-state index contributed by atoms with van der Waals surface area (Å²) in [5, 5.41) is 6.83. The third-order valence-corrected chi connectivity index (χ3v) is 2.66. The molecule has 0 spiro atoms. The van der Waals surface area contributed by atoms with Gasteiger partial charge in [0.15, 0.2) is 11.5 Å². The summed E-state index contributed by atoms with van der Waals surface area (Å²) in [5.41, 5.74) is 7.02. The Hall–Kier alpha value is -2.01. The number of carbonyl (C=O) groups is 1. The van der Waals surface area contributed by atoms with Crippen molar-refractivity contribution < 1.29 is 9.53 Å². The van der Waals surface area contributed by atoms with Crippen LogP contribution in [0.5, 0.6) is 0 Å². The van der Waals surface area contributed by atoms with E-state index in [2.05, 4.69) is 14.9 Å². The van der Waals surface area contributed by atoms with E-state index in [4.69, 9.17) is 17.3 Å². The number of nitrogens with one attached hydrogen (secondary N) is 1. The van der Waals surface area contributed by atoms with Crippen LogP contribution >= 0.6 is 11.6 Å². The lowest BCUT2D eigenvalue weighted by Gasteiger charge is -2.04. The normalized spacial score (nSPS) is 10.2. The molecule has 2 rings (SSSR count). The van der Waals surface area contributed by atoms with Gasteiger partial charge in [0.25, 0.3) is 0 Å². The van der Waals surface area contributed by atoms with Crippen molar-refractivity contribution in [1.82, 2.24) is 10.2 Å². The maximum atomic E-state index is 11.5. The van der Waals surface area contributed by atoms with Crippen LogP contribution in [0, 0.1) is 0 Å². The number of hydrogen-bond acceptors (Lipinski definition) is 4. The monoisotopic (exact) mass is 251 g/mol. The van der Waals surface area contributed by atoms with Gasteiger partial charge in [-0.3, -0.25) is 5.10 Å². The quantitative estimate of drug-likeness (QED) is 0.801. The zero-order valence-electron chi connectivity index (χ0n) is 9.03. The number of rotatable bonds is 2. The van der Waals surface area contributed by atoms with Crippen LogP contribution in [-0.4, -0.2) is 23.3 Å². The molecule has 17 heavy (non-hydrogen) atoms. The van der Waals surface area contributed by atoms with Gasteiger partial charge in [-0.15, -0.1) is 0 Å². The van der Waals surface area contributed by atoms with Gasteiger partial charge >= 0.3 is 5.97 Å². The molecule has 6 heteroatoms. The lowest BCUT2D eigenvalue weighted by Crippen LogP contribution is -2.04. The summed E-state index contributed by atoms with van der Waals surface area (Å²) in [5.74, 6) is -0.331. The van der Waals surface area contributed by atoms with Crippen molar-refractivity contribution in [3.63, 3.8) is 0 Å². The minimum atomic E-state index is -0.538. The molecular formula is C11H10ClN3O2. The summed E-state index contributed by atoms with van der Waals surface area (Å²) in [7, 11) is 1.29. The predicted molar refractivity (Wildman–Crippen MR) is 64.8 cm³/mol. The molecule has 1 aromatic heterocycles. The molecule has 88 valence electrons. The lowest BCUT2D eigenvalue weighted by atomic mass is 10.1. The van der Waals surface area contributed by atoms with Crippen LogP contribution in [0.4, 0.5) is 5.82 Å². The molecule has 0 aliphatic heterocycles. The van der Waals surface area contributed by atoms with Gasteiger partial charge in [-0.1, -0.05) is 29.8 Å². The first-order valence-electron chi connectivity index (χ1n) is 4.82. The predicted octanol–water partition coefficient (Wildman–Crippen LogP) is 2.10. The zero-order chi connectivity index (χ0) is 12.4.